The number of hydrogen-bond acceptors (Lipinski definition) is 4. The summed E-state index contributed by atoms with van der Waals surface area (Å²) in [4.78, 5) is 23.3. The molecule has 0 unspecified atom stereocenters. The van der Waals surface area contributed by atoms with Crippen LogP contribution in [0.15, 0.2) is 0 Å². The molecule has 0 aromatic carbocycles. The molecule has 6 heteroatoms. The van der Waals surface area contributed by atoms with Gasteiger partial charge in [-0.05, 0) is 45.3 Å². The second-order valence-electron chi connectivity index (χ2n) is 4.53. The van der Waals surface area contributed by atoms with Crippen LogP contribution in [0.2, 0.25) is 0 Å². The number of carboxylic acids is 2. The highest BCUT2D eigenvalue weighted by molar-refractivity contribution is 5.73. The fourth-order valence-electron chi connectivity index (χ4n) is 2.25. The number of aliphatic carboxylic acids is 2. The number of likely N-dealkylation sites (tertiary alicyclic amines) is 1. The minimum absolute atomic E-state index is 0.0844. The van der Waals surface area contributed by atoms with Crippen LogP contribution in [0.1, 0.15) is 19.3 Å². The lowest BCUT2D eigenvalue weighted by atomic mass is 9.90. The minimum Gasteiger partial charge on any atom is -0.480 e. The Kier molecular flexibility index (Phi) is 5.37. The Morgan fingerprint density at radius 3 is 2.35 bits per heavy atom. The summed E-state index contributed by atoms with van der Waals surface area (Å²) >= 11 is 0. The molecule has 0 bridgehead atoms. The van der Waals surface area contributed by atoms with Crippen LogP contribution in [0.25, 0.3) is 0 Å². The van der Waals surface area contributed by atoms with Crippen LogP contribution >= 0.6 is 0 Å². The topological polar surface area (TPSA) is 89.9 Å². The Hall–Kier alpha value is -1.14. The number of hydrogen-bond donors (Lipinski definition) is 3. The van der Waals surface area contributed by atoms with Gasteiger partial charge in [-0.15, -0.1) is 0 Å². The summed E-state index contributed by atoms with van der Waals surface area (Å²) in [7, 11) is 1.65. The van der Waals surface area contributed by atoms with Crippen molar-refractivity contribution in [1.82, 2.24) is 10.2 Å². The summed E-state index contributed by atoms with van der Waals surface area (Å²) in [5, 5.41) is 20.4. The molecule has 3 N–H and O–H groups in total. The van der Waals surface area contributed by atoms with Gasteiger partial charge in [0.25, 0.3) is 0 Å². The molecule has 0 radical (unpaired) electrons. The highest BCUT2D eigenvalue weighted by atomic mass is 16.4. The Morgan fingerprint density at radius 1 is 1.35 bits per heavy atom. The molecule has 0 saturated carbocycles. The maximum atomic E-state index is 10.9. The van der Waals surface area contributed by atoms with Crippen molar-refractivity contribution in [2.75, 3.05) is 26.7 Å². The number of piperidine rings is 1. The molecule has 6 nitrogen and oxygen atoms in total. The summed E-state index contributed by atoms with van der Waals surface area (Å²) in [6.45, 7) is 1.57. The van der Waals surface area contributed by atoms with E-state index in [2.05, 4.69) is 5.32 Å². The molecular formula is C11H20N2O4. The monoisotopic (exact) mass is 244 g/mol. The van der Waals surface area contributed by atoms with Crippen molar-refractivity contribution >= 4 is 11.9 Å². The van der Waals surface area contributed by atoms with Crippen LogP contribution in [-0.2, 0) is 9.59 Å². The van der Waals surface area contributed by atoms with Gasteiger partial charge in [-0.2, -0.15) is 0 Å². The van der Waals surface area contributed by atoms with Gasteiger partial charge in [0.15, 0.2) is 0 Å². The fourth-order valence-corrected chi connectivity index (χ4v) is 2.25. The summed E-state index contributed by atoms with van der Waals surface area (Å²) in [5.41, 5.74) is 0. The van der Waals surface area contributed by atoms with E-state index in [0.29, 0.717) is 12.3 Å². The molecule has 1 aliphatic rings. The van der Waals surface area contributed by atoms with E-state index in [0.717, 1.165) is 25.9 Å². The van der Waals surface area contributed by atoms with Gasteiger partial charge < -0.3 is 15.5 Å². The number of carbonyl (C=O) groups is 2. The Balaban J connectivity index is 2.31. The van der Waals surface area contributed by atoms with Crippen molar-refractivity contribution in [3.8, 4) is 0 Å². The predicted octanol–water partition coefficient (Wildman–Crippen LogP) is -0.154. The molecule has 1 fully saturated rings. The number of likely N-dealkylation sites (N-methyl/N-ethyl adjacent to an activating group) is 1. The highest BCUT2D eigenvalue weighted by Crippen LogP contribution is 2.21. The van der Waals surface area contributed by atoms with Crippen LogP contribution in [-0.4, -0.2) is 59.8 Å². The molecule has 1 heterocycles. The summed E-state index contributed by atoms with van der Waals surface area (Å²) < 4.78 is 0. The lowest BCUT2D eigenvalue weighted by Gasteiger charge is -2.31. The van der Waals surface area contributed by atoms with Gasteiger partial charge in [0.05, 0.1) is 6.54 Å². The average Bonchev–Trinajstić information content (AvgIpc) is 2.26. The van der Waals surface area contributed by atoms with Crippen LogP contribution in [0.4, 0.5) is 0 Å². The molecule has 98 valence electrons. The lowest BCUT2D eigenvalue weighted by Crippen LogP contribution is -2.41. The van der Waals surface area contributed by atoms with Gasteiger partial charge in [-0.1, -0.05) is 0 Å². The third kappa shape index (κ3) is 4.70. The molecule has 1 saturated heterocycles. The summed E-state index contributed by atoms with van der Waals surface area (Å²) in [6, 6.07) is -0.494. The normalized spacial score (nSPS) is 20.1. The van der Waals surface area contributed by atoms with Crippen molar-refractivity contribution in [3.63, 3.8) is 0 Å². The van der Waals surface area contributed by atoms with E-state index in [-0.39, 0.29) is 6.54 Å². The van der Waals surface area contributed by atoms with Gasteiger partial charge >= 0.3 is 11.9 Å². The van der Waals surface area contributed by atoms with Gasteiger partial charge in [-0.3, -0.25) is 14.5 Å². The summed E-state index contributed by atoms with van der Waals surface area (Å²) in [5.74, 6) is -1.25. The highest BCUT2D eigenvalue weighted by Gasteiger charge is 2.25. The Morgan fingerprint density at radius 2 is 1.94 bits per heavy atom. The SMILES string of the molecule is CN[C@@H](CC1CCN(CC(=O)O)CC1)C(=O)O. The molecule has 0 amide bonds. The third-order valence-electron chi connectivity index (χ3n) is 3.28. The molecule has 1 atom stereocenters. The number of nitrogens with one attached hydrogen (secondary N) is 1. The average molecular weight is 244 g/mol. The van der Waals surface area contributed by atoms with Crippen molar-refractivity contribution < 1.29 is 19.8 Å². The van der Waals surface area contributed by atoms with E-state index in [1.165, 1.54) is 0 Å². The largest absolute Gasteiger partial charge is 0.480 e. The maximum Gasteiger partial charge on any atom is 0.320 e. The first kappa shape index (κ1) is 13.9. The van der Waals surface area contributed by atoms with E-state index in [1.54, 1.807) is 7.05 Å². The van der Waals surface area contributed by atoms with Crippen molar-refractivity contribution in [3.05, 3.63) is 0 Å². The second kappa shape index (κ2) is 6.56. The fraction of sp³-hybridized carbons (Fsp3) is 0.818. The number of nitrogens with zero attached hydrogens (tertiary/aromatic N) is 1. The molecule has 0 spiro atoms. The standard InChI is InChI=1S/C11H20N2O4/c1-12-9(11(16)17)6-8-2-4-13(5-3-8)7-10(14)15/h8-9,12H,2-7H2,1H3,(H,14,15)(H,16,17)/t9-/m0/s1. The smallest absolute Gasteiger partial charge is 0.320 e. The van der Waals surface area contributed by atoms with E-state index in [1.807, 2.05) is 4.90 Å². The van der Waals surface area contributed by atoms with Crippen LogP contribution in [0.5, 0.6) is 0 Å². The summed E-state index contributed by atoms with van der Waals surface area (Å²) in [6.07, 6.45) is 2.37. The molecule has 0 aliphatic carbocycles. The zero-order chi connectivity index (χ0) is 12.8. The van der Waals surface area contributed by atoms with Crippen molar-refractivity contribution in [2.45, 2.75) is 25.3 Å². The first-order chi connectivity index (χ1) is 8.02. The van der Waals surface area contributed by atoms with Crippen molar-refractivity contribution in [2.24, 2.45) is 5.92 Å². The molecule has 0 aromatic rings. The van der Waals surface area contributed by atoms with Crippen molar-refractivity contribution in [1.29, 1.82) is 0 Å². The first-order valence-corrected chi connectivity index (χ1v) is 5.87. The van der Waals surface area contributed by atoms with Gasteiger partial charge in [0.1, 0.15) is 6.04 Å². The van der Waals surface area contributed by atoms with Gasteiger partial charge in [0, 0.05) is 0 Å². The van der Waals surface area contributed by atoms with E-state index in [4.69, 9.17) is 10.2 Å². The second-order valence-corrected chi connectivity index (χ2v) is 4.53. The maximum absolute atomic E-state index is 10.9. The van der Waals surface area contributed by atoms with Gasteiger partial charge in [-0.25, -0.2) is 0 Å². The zero-order valence-electron chi connectivity index (χ0n) is 10.1. The molecule has 1 rings (SSSR count). The molecular weight excluding hydrogens is 224 g/mol. The Bertz CT molecular complexity index is 275. The van der Waals surface area contributed by atoms with Gasteiger partial charge in [0.2, 0.25) is 0 Å². The van der Waals surface area contributed by atoms with Crippen LogP contribution < -0.4 is 5.32 Å². The van der Waals surface area contributed by atoms with E-state index < -0.39 is 18.0 Å². The van der Waals surface area contributed by atoms with E-state index >= 15 is 0 Å². The first-order valence-electron chi connectivity index (χ1n) is 5.87. The zero-order valence-corrected chi connectivity index (χ0v) is 10.1. The predicted molar refractivity (Wildman–Crippen MR) is 61.9 cm³/mol. The molecule has 17 heavy (non-hydrogen) atoms. The Labute approximate surface area is 101 Å². The van der Waals surface area contributed by atoms with Crippen LogP contribution in [0.3, 0.4) is 0 Å². The minimum atomic E-state index is -0.819. The third-order valence-corrected chi connectivity index (χ3v) is 3.28. The quantitative estimate of drug-likeness (QED) is 0.602. The van der Waals surface area contributed by atoms with Crippen LogP contribution in [0, 0.1) is 5.92 Å². The number of rotatable bonds is 6. The lowest BCUT2D eigenvalue weighted by molar-refractivity contribution is -0.140. The molecule has 1 aliphatic heterocycles. The molecule has 0 aromatic heterocycles. The number of carboxylic acid groups (broad SMARTS) is 2. The van der Waals surface area contributed by atoms with E-state index in [9.17, 15) is 9.59 Å².